The lowest BCUT2D eigenvalue weighted by atomic mass is 10.1. The molecule has 2 aliphatic rings. The Balaban J connectivity index is 1.87. The van der Waals surface area contributed by atoms with Crippen molar-refractivity contribution in [2.24, 2.45) is 0 Å². The van der Waals surface area contributed by atoms with Crippen molar-refractivity contribution >= 4 is 0 Å². The molecular formula is C11H22N2O. The maximum absolute atomic E-state index is 5.66. The van der Waals surface area contributed by atoms with E-state index in [1.165, 1.54) is 38.9 Å². The normalized spacial score (nSPS) is 36.6. The number of nitrogens with one attached hydrogen (secondary N) is 1. The van der Waals surface area contributed by atoms with Gasteiger partial charge in [0.2, 0.25) is 0 Å². The number of hydrogen-bond acceptors (Lipinski definition) is 3. The van der Waals surface area contributed by atoms with E-state index in [0.29, 0.717) is 6.10 Å². The topological polar surface area (TPSA) is 24.5 Å². The summed E-state index contributed by atoms with van der Waals surface area (Å²) in [5.41, 5.74) is 0. The Kier molecular flexibility index (Phi) is 3.79. The monoisotopic (exact) mass is 198 g/mol. The van der Waals surface area contributed by atoms with Crippen molar-refractivity contribution in [3.63, 3.8) is 0 Å². The van der Waals surface area contributed by atoms with Gasteiger partial charge in [0.15, 0.2) is 0 Å². The Morgan fingerprint density at radius 2 is 2.29 bits per heavy atom. The molecule has 0 aromatic rings. The Morgan fingerprint density at radius 1 is 1.36 bits per heavy atom. The largest absolute Gasteiger partial charge is 0.377 e. The van der Waals surface area contributed by atoms with E-state index >= 15 is 0 Å². The second kappa shape index (κ2) is 5.10. The zero-order valence-corrected chi connectivity index (χ0v) is 9.17. The first-order chi connectivity index (χ1) is 6.86. The van der Waals surface area contributed by atoms with Crippen LogP contribution in [0.1, 0.15) is 26.2 Å². The molecule has 1 N–H and O–H groups in total. The van der Waals surface area contributed by atoms with Crippen molar-refractivity contribution in [3.8, 4) is 0 Å². The van der Waals surface area contributed by atoms with Crippen molar-refractivity contribution in [3.05, 3.63) is 0 Å². The first-order valence-corrected chi connectivity index (χ1v) is 5.92. The standard InChI is InChI=1S/C11H22N2O/c1-10-9-13(6-3-7-14-10)11-4-2-5-12-8-11/h10-12H,2-9H2,1H3. The van der Waals surface area contributed by atoms with Crippen LogP contribution in [0.15, 0.2) is 0 Å². The number of hydrogen-bond donors (Lipinski definition) is 1. The molecule has 2 unspecified atom stereocenters. The number of rotatable bonds is 1. The van der Waals surface area contributed by atoms with Crippen LogP contribution in [0.25, 0.3) is 0 Å². The lowest BCUT2D eigenvalue weighted by Gasteiger charge is -2.34. The van der Waals surface area contributed by atoms with Crippen molar-refractivity contribution in [1.29, 1.82) is 0 Å². The van der Waals surface area contributed by atoms with E-state index in [0.717, 1.165) is 19.2 Å². The van der Waals surface area contributed by atoms with Crippen molar-refractivity contribution in [2.75, 3.05) is 32.8 Å². The van der Waals surface area contributed by atoms with Crippen LogP contribution in [0.4, 0.5) is 0 Å². The Morgan fingerprint density at radius 3 is 3.07 bits per heavy atom. The predicted molar refractivity (Wildman–Crippen MR) is 57.5 cm³/mol. The third-order valence-electron chi connectivity index (χ3n) is 3.27. The minimum Gasteiger partial charge on any atom is -0.377 e. The van der Waals surface area contributed by atoms with Crippen LogP contribution in [0.3, 0.4) is 0 Å². The molecule has 2 aliphatic heterocycles. The molecule has 2 heterocycles. The molecule has 2 rings (SSSR count). The van der Waals surface area contributed by atoms with Crippen LogP contribution in [-0.2, 0) is 4.74 Å². The molecule has 3 nitrogen and oxygen atoms in total. The minimum atomic E-state index is 0.416. The van der Waals surface area contributed by atoms with Crippen molar-refractivity contribution in [1.82, 2.24) is 10.2 Å². The van der Waals surface area contributed by atoms with Gasteiger partial charge < -0.3 is 10.1 Å². The second-order valence-corrected chi connectivity index (χ2v) is 4.53. The van der Waals surface area contributed by atoms with E-state index < -0.39 is 0 Å². The lowest BCUT2D eigenvalue weighted by molar-refractivity contribution is 0.0579. The van der Waals surface area contributed by atoms with Gasteiger partial charge in [-0.3, -0.25) is 4.90 Å². The van der Waals surface area contributed by atoms with Crippen molar-refractivity contribution in [2.45, 2.75) is 38.3 Å². The van der Waals surface area contributed by atoms with Crippen LogP contribution in [0.5, 0.6) is 0 Å². The molecule has 82 valence electrons. The molecule has 2 saturated heterocycles. The highest BCUT2D eigenvalue weighted by atomic mass is 16.5. The van der Waals surface area contributed by atoms with E-state index in [2.05, 4.69) is 17.1 Å². The number of ether oxygens (including phenoxy) is 1. The van der Waals surface area contributed by atoms with E-state index in [4.69, 9.17) is 4.74 Å². The maximum atomic E-state index is 5.66. The fraction of sp³-hybridized carbons (Fsp3) is 1.00. The quantitative estimate of drug-likeness (QED) is 0.676. The molecule has 0 aromatic heterocycles. The van der Waals surface area contributed by atoms with E-state index in [1.54, 1.807) is 0 Å². The molecule has 0 aliphatic carbocycles. The molecular weight excluding hydrogens is 176 g/mol. The second-order valence-electron chi connectivity index (χ2n) is 4.53. The minimum absolute atomic E-state index is 0.416. The summed E-state index contributed by atoms with van der Waals surface area (Å²) < 4.78 is 5.66. The van der Waals surface area contributed by atoms with E-state index in [-0.39, 0.29) is 0 Å². The Hall–Kier alpha value is -0.120. The molecule has 0 spiro atoms. The fourth-order valence-electron chi connectivity index (χ4n) is 2.50. The number of piperidine rings is 1. The molecule has 0 aromatic carbocycles. The zero-order valence-electron chi connectivity index (χ0n) is 9.17. The summed E-state index contributed by atoms with van der Waals surface area (Å²) in [5, 5.41) is 3.48. The number of nitrogens with zero attached hydrogens (tertiary/aromatic N) is 1. The van der Waals surface area contributed by atoms with Gasteiger partial charge in [-0.15, -0.1) is 0 Å². The predicted octanol–water partition coefficient (Wildman–Crippen LogP) is 0.849. The highest BCUT2D eigenvalue weighted by Crippen LogP contribution is 2.14. The summed E-state index contributed by atoms with van der Waals surface area (Å²) in [5.74, 6) is 0. The van der Waals surface area contributed by atoms with E-state index in [9.17, 15) is 0 Å². The van der Waals surface area contributed by atoms with Gasteiger partial charge >= 0.3 is 0 Å². The molecule has 0 radical (unpaired) electrons. The third kappa shape index (κ3) is 2.69. The average molecular weight is 198 g/mol. The highest BCUT2D eigenvalue weighted by molar-refractivity contribution is 4.80. The van der Waals surface area contributed by atoms with Gasteiger partial charge in [0.25, 0.3) is 0 Å². The SMILES string of the molecule is CC1CN(C2CCCNC2)CCCO1. The molecule has 3 heteroatoms. The first-order valence-electron chi connectivity index (χ1n) is 5.92. The lowest BCUT2D eigenvalue weighted by Crippen LogP contribution is -2.47. The molecule has 0 saturated carbocycles. The molecule has 2 atom stereocenters. The van der Waals surface area contributed by atoms with Gasteiger partial charge in [0.05, 0.1) is 6.10 Å². The summed E-state index contributed by atoms with van der Waals surface area (Å²) in [4.78, 5) is 2.61. The molecule has 0 amide bonds. The van der Waals surface area contributed by atoms with Gasteiger partial charge in [0.1, 0.15) is 0 Å². The van der Waals surface area contributed by atoms with Gasteiger partial charge in [-0.05, 0) is 32.7 Å². The van der Waals surface area contributed by atoms with Crippen molar-refractivity contribution < 1.29 is 4.74 Å². The average Bonchev–Trinajstić information content (AvgIpc) is 2.44. The maximum Gasteiger partial charge on any atom is 0.0674 e. The van der Waals surface area contributed by atoms with Crippen LogP contribution in [0.2, 0.25) is 0 Å². The van der Waals surface area contributed by atoms with Gasteiger partial charge in [0, 0.05) is 32.3 Å². The fourth-order valence-corrected chi connectivity index (χ4v) is 2.50. The van der Waals surface area contributed by atoms with Crippen LogP contribution >= 0.6 is 0 Å². The van der Waals surface area contributed by atoms with Gasteiger partial charge in [-0.1, -0.05) is 0 Å². The smallest absolute Gasteiger partial charge is 0.0674 e. The molecule has 0 bridgehead atoms. The van der Waals surface area contributed by atoms with Crippen LogP contribution < -0.4 is 5.32 Å². The Labute approximate surface area is 86.8 Å². The molecule has 2 fully saturated rings. The van der Waals surface area contributed by atoms with Gasteiger partial charge in [-0.25, -0.2) is 0 Å². The highest BCUT2D eigenvalue weighted by Gasteiger charge is 2.23. The summed E-state index contributed by atoms with van der Waals surface area (Å²) in [6.07, 6.45) is 4.30. The zero-order chi connectivity index (χ0) is 9.80. The first kappa shape index (κ1) is 10.4. The summed E-state index contributed by atoms with van der Waals surface area (Å²) >= 11 is 0. The van der Waals surface area contributed by atoms with E-state index in [1.807, 2.05) is 0 Å². The summed E-state index contributed by atoms with van der Waals surface area (Å²) in [6, 6.07) is 0.757. The van der Waals surface area contributed by atoms with Crippen LogP contribution in [0, 0.1) is 0 Å². The summed E-state index contributed by atoms with van der Waals surface area (Å²) in [6.45, 7) is 7.85. The van der Waals surface area contributed by atoms with Gasteiger partial charge in [-0.2, -0.15) is 0 Å². The Bertz CT molecular complexity index is 169. The van der Waals surface area contributed by atoms with Crippen LogP contribution in [-0.4, -0.2) is 49.8 Å². The molecule has 14 heavy (non-hydrogen) atoms. The third-order valence-corrected chi connectivity index (χ3v) is 3.27. The summed E-state index contributed by atoms with van der Waals surface area (Å²) in [7, 11) is 0.